The predicted molar refractivity (Wildman–Crippen MR) is 115 cm³/mol. The molecule has 1 heterocycles. The number of nitrogens with zero attached hydrogens (tertiary/aromatic N) is 3. The molecule has 0 radical (unpaired) electrons. The Hall–Kier alpha value is -2.05. The Kier molecular flexibility index (Phi) is 7.89. The second-order valence-corrected chi connectivity index (χ2v) is 8.69. The van der Waals surface area contributed by atoms with Gasteiger partial charge in [-0.1, -0.05) is 34.8 Å². The van der Waals surface area contributed by atoms with Gasteiger partial charge in [0.05, 0.1) is 11.9 Å². The highest BCUT2D eigenvalue weighted by Gasteiger charge is 2.32. The maximum absolute atomic E-state index is 12.5. The molecule has 28 heavy (non-hydrogen) atoms. The van der Waals surface area contributed by atoms with E-state index in [1.54, 1.807) is 42.7 Å². The molecule has 2 rings (SSSR count). The maximum atomic E-state index is 12.5. The van der Waals surface area contributed by atoms with E-state index in [9.17, 15) is 4.79 Å². The van der Waals surface area contributed by atoms with Gasteiger partial charge in [-0.05, 0) is 53.2 Å². The largest absolute Gasteiger partial charge is 0.328 e. The van der Waals surface area contributed by atoms with Crippen LogP contribution < -0.4 is 16.0 Å². The standard InChI is InChI=1S/C17H14BrCl3N6O/c1-17(20,21)15(26-14(28)10-2-4-12(19)5-3-10)27-16(24-9-22)25-13-6-11(18)7-23-8-13/h2-8,15H,1H3,(H,26,28)(H2,24,25,27). The van der Waals surface area contributed by atoms with Gasteiger partial charge in [-0.3, -0.25) is 15.1 Å². The number of rotatable bonds is 5. The molecule has 1 unspecified atom stereocenters. The topological polar surface area (TPSA) is 102 Å². The number of hydrogen-bond acceptors (Lipinski definition) is 4. The van der Waals surface area contributed by atoms with E-state index in [0.29, 0.717) is 16.3 Å². The molecule has 1 aromatic heterocycles. The van der Waals surface area contributed by atoms with Gasteiger partial charge < -0.3 is 10.6 Å². The highest BCUT2D eigenvalue weighted by atomic mass is 79.9. The Morgan fingerprint density at radius 2 is 2.00 bits per heavy atom. The molecule has 1 amide bonds. The monoisotopic (exact) mass is 502 g/mol. The van der Waals surface area contributed by atoms with Crippen LogP contribution in [-0.4, -0.2) is 27.3 Å². The van der Waals surface area contributed by atoms with E-state index < -0.39 is 16.4 Å². The SMILES string of the molecule is CC(Cl)(Cl)C(/N=C(\NC#N)Nc1cncc(Br)c1)NC(=O)c1ccc(Cl)cc1. The lowest BCUT2D eigenvalue weighted by molar-refractivity contribution is 0.0935. The van der Waals surface area contributed by atoms with Crippen LogP contribution in [-0.2, 0) is 0 Å². The Morgan fingerprint density at radius 3 is 2.57 bits per heavy atom. The number of hydrogen-bond donors (Lipinski definition) is 3. The molecular weight excluding hydrogens is 490 g/mol. The van der Waals surface area contributed by atoms with Gasteiger partial charge in [0, 0.05) is 21.3 Å². The van der Waals surface area contributed by atoms with Crippen molar-refractivity contribution >= 4 is 68.3 Å². The van der Waals surface area contributed by atoms with Gasteiger partial charge in [-0.25, -0.2) is 4.99 Å². The average molecular weight is 505 g/mol. The molecule has 0 saturated carbocycles. The number of aromatic nitrogens is 1. The lowest BCUT2D eigenvalue weighted by Crippen LogP contribution is -2.45. The van der Waals surface area contributed by atoms with Crippen molar-refractivity contribution in [1.29, 1.82) is 5.26 Å². The van der Waals surface area contributed by atoms with E-state index in [1.165, 1.54) is 13.1 Å². The lowest BCUT2D eigenvalue weighted by atomic mass is 10.2. The average Bonchev–Trinajstić information content (AvgIpc) is 2.61. The lowest BCUT2D eigenvalue weighted by Gasteiger charge is -2.25. The molecule has 0 bridgehead atoms. The van der Waals surface area contributed by atoms with Crippen molar-refractivity contribution in [2.75, 3.05) is 5.32 Å². The smallest absolute Gasteiger partial charge is 0.253 e. The summed E-state index contributed by atoms with van der Waals surface area (Å²) in [5.74, 6) is -0.435. The van der Waals surface area contributed by atoms with Gasteiger partial charge in [-0.2, -0.15) is 5.26 Å². The third-order valence-corrected chi connectivity index (χ3v) is 4.35. The van der Waals surface area contributed by atoms with Gasteiger partial charge in [0.15, 0.2) is 16.7 Å². The number of pyridine rings is 1. The molecule has 146 valence electrons. The molecule has 1 aromatic carbocycles. The fourth-order valence-electron chi connectivity index (χ4n) is 1.98. The molecule has 0 aliphatic carbocycles. The summed E-state index contributed by atoms with van der Waals surface area (Å²) in [6, 6.07) is 8.00. The van der Waals surface area contributed by atoms with Crippen LogP contribution in [0.5, 0.6) is 0 Å². The maximum Gasteiger partial charge on any atom is 0.253 e. The zero-order chi connectivity index (χ0) is 20.7. The van der Waals surface area contributed by atoms with Crippen LogP contribution in [0.3, 0.4) is 0 Å². The van der Waals surface area contributed by atoms with Crippen LogP contribution in [0.25, 0.3) is 0 Å². The van der Waals surface area contributed by atoms with E-state index in [-0.39, 0.29) is 5.96 Å². The number of carbonyl (C=O) groups excluding carboxylic acids is 1. The summed E-state index contributed by atoms with van der Waals surface area (Å²) in [6.07, 6.45) is 3.81. The fourth-order valence-corrected chi connectivity index (χ4v) is 2.67. The minimum atomic E-state index is -1.47. The number of guanidine groups is 1. The normalized spacial score (nSPS) is 12.6. The quantitative estimate of drug-likeness (QED) is 0.185. The predicted octanol–water partition coefficient (Wildman–Crippen LogP) is 4.29. The van der Waals surface area contributed by atoms with Crippen LogP contribution in [0.2, 0.25) is 5.02 Å². The van der Waals surface area contributed by atoms with Crippen LogP contribution in [0.4, 0.5) is 5.69 Å². The molecule has 0 aliphatic heterocycles. The first-order valence-electron chi connectivity index (χ1n) is 7.74. The number of benzene rings is 1. The minimum Gasteiger partial charge on any atom is -0.328 e. The van der Waals surface area contributed by atoms with Crippen molar-refractivity contribution in [3.05, 3.63) is 57.8 Å². The summed E-state index contributed by atoms with van der Waals surface area (Å²) in [7, 11) is 0. The number of aliphatic imine (C=N–C) groups is 1. The Bertz CT molecular complexity index is 908. The van der Waals surface area contributed by atoms with E-state index in [0.717, 1.165) is 4.47 Å². The first kappa shape index (κ1) is 22.2. The molecule has 7 nitrogen and oxygen atoms in total. The summed E-state index contributed by atoms with van der Waals surface area (Å²) in [4.78, 5) is 20.8. The van der Waals surface area contributed by atoms with E-state index in [2.05, 4.69) is 41.9 Å². The van der Waals surface area contributed by atoms with Crippen molar-refractivity contribution in [3.63, 3.8) is 0 Å². The highest BCUT2D eigenvalue weighted by molar-refractivity contribution is 9.10. The van der Waals surface area contributed by atoms with E-state index in [4.69, 9.17) is 40.1 Å². The molecule has 11 heteroatoms. The number of nitriles is 1. The summed E-state index contributed by atoms with van der Waals surface area (Å²) in [5.41, 5.74) is 0.894. The van der Waals surface area contributed by atoms with E-state index >= 15 is 0 Å². The van der Waals surface area contributed by atoms with Gasteiger partial charge in [0.25, 0.3) is 5.91 Å². The first-order valence-corrected chi connectivity index (χ1v) is 9.66. The first-order chi connectivity index (χ1) is 13.2. The number of anilines is 1. The fraction of sp³-hybridized carbons (Fsp3) is 0.176. The Labute approximate surface area is 185 Å². The number of nitrogens with one attached hydrogen (secondary N) is 3. The third-order valence-electron chi connectivity index (χ3n) is 3.25. The van der Waals surface area contributed by atoms with Crippen LogP contribution in [0.15, 0.2) is 52.2 Å². The Balaban J connectivity index is 2.27. The van der Waals surface area contributed by atoms with Crippen LogP contribution in [0.1, 0.15) is 17.3 Å². The zero-order valence-electron chi connectivity index (χ0n) is 14.4. The molecule has 3 N–H and O–H groups in total. The summed E-state index contributed by atoms with van der Waals surface area (Å²) >= 11 is 21.5. The van der Waals surface area contributed by atoms with Crippen molar-refractivity contribution in [2.24, 2.45) is 4.99 Å². The van der Waals surface area contributed by atoms with Crippen LogP contribution >= 0.6 is 50.7 Å². The second kappa shape index (κ2) is 9.94. The van der Waals surface area contributed by atoms with E-state index in [1.807, 2.05) is 0 Å². The molecule has 2 aromatic rings. The number of carbonyl (C=O) groups is 1. The van der Waals surface area contributed by atoms with Crippen molar-refractivity contribution in [2.45, 2.75) is 17.4 Å². The summed E-state index contributed by atoms with van der Waals surface area (Å²) < 4.78 is -0.747. The molecule has 0 fully saturated rings. The van der Waals surface area contributed by atoms with Gasteiger partial charge >= 0.3 is 0 Å². The number of alkyl halides is 2. The van der Waals surface area contributed by atoms with Crippen molar-refractivity contribution in [1.82, 2.24) is 15.6 Å². The van der Waals surface area contributed by atoms with Crippen molar-refractivity contribution < 1.29 is 4.79 Å². The number of halogens is 4. The highest BCUT2D eigenvalue weighted by Crippen LogP contribution is 2.26. The zero-order valence-corrected chi connectivity index (χ0v) is 18.2. The molecule has 0 spiro atoms. The molecular formula is C17H14BrCl3N6O. The summed E-state index contributed by atoms with van der Waals surface area (Å²) in [6.45, 7) is 1.47. The van der Waals surface area contributed by atoms with Gasteiger partial charge in [0.1, 0.15) is 0 Å². The molecule has 0 saturated heterocycles. The van der Waals surface area contributed by atoms with Gasteiger partial charge in [0.2, 0.25) is 5.96 Å². The number of amides is 1. The minimum absolute atomic E-state index is 0.0244. The summed E-state index contributed by atoms with van der Waals surface area (Å²) in [5, 5.41) is 17.4. The second-order valence-electron chi connectivity index (χ2n) is 5.57. The Morgan fingerprint density at radius 1 is 1.32 bits per heavy atom. The van der Waals surface area contributed by atoms with Crippen LogP contribution in [0, 0.1) is 11.5 Å². The van der Waals surface area contributed by atoms with Gasteiger partial charge in [-0.15, -0.1) is 0 Å². The molecule has 1 atom stereocenters. The third kappa shape index (κ3) is 6.84. The van der Waals surface area contributed by atoms with Crippen molar-refractivity contribution in [3.8, 4) is 6.19 Å². The molecule has 0 aliphatic rings.